The van der Waals surface area contributed by atoms with Gasteiger partial charge in [0.05, 0.1) is 17.4 Å². The number of carboxylic acid groups (broad SMARTS) is 1. The monoisotopic (exact) mass is 331 g/mol. The lowest BCUT2D eigenvalue weighted by Gasteiger charge is -2.27. The van der Waals surface area contributed by atoms with E-state index < -0.39 is 17.8 Å². The van der Waals surface area contributed by atoms with Gasteiger partial charge in [-0.15, -0.1) is 0 Å². The molecule has 2 N–H and O–H groups in total. The molecule has 0 saturated heterocycles. The van der Waals surface area contributed by atoms with Gasteiger partial charge >= 0.3 is 5.97 Å². The van der Waals surface area contributed by atoms with Crippen LogP contribution in [0.3, 0.4) is 0 Å². The summed E-state index contributed by atoms with van der Waals surface area (Å²) in [6, 6.07) is 7.53. The number of hydrogen-bond acceptors (Lipinski definition) is 2. The van der Waals surface area contributed by atoms with Gasteiger partial charge in [0.2, 0.25) is 5.91 Å². The van der Waals surface area contributed by atoms with Crippen LogP contribution in [0.25, 0.3) is 0 Å². The minimum Gasteiger partial charge on any atom is -0.481 e. The molecule has 3 aliphatic rings. The van der Waals surface area contributed by atoms with E-state index in [0.29, 0.717) is 5.02 Å². The third-order valence-electron chi connectivity index (χ3n) is 5.54. The SMILES string of the molecule is O=C(O)C1C2C=CC(C2)C1C(=O)NC1(c2cccc(Cl)c2)CC1. The lowest BCUT2D eigenvalue weighted by atomic mass is 9.82. The van der Waals surface area contributed by atoms with Crippen molar-refractivity contribution in [3.8, 4) is 0 Å². The molecule has 0 radical (unpaired) electrons. The van der Waals surface area contributed by atoms with Crippen LogP contribution in [0.1, 0.15) is 24.8 Å². The third kappa shape index (κ3) is 2.36. The summed E-state index contributed by atoms with van der Waals surface area (Å²) in [5.41, 5.74) is 0.639. The molecule has 0 aliphatic heterocycles. The lowest BCUT2D eigenvalue weighted by molar-refractivity contribution is -0.148. The number of nitrogens with one attached hydrogen (secondary N) is 1. The van der Waals surface area contributed by atoms with Crippen LogP contribution in [-0.2, 0) is 15.1 Å². The van der Waals surface area contributed by atoms with Gasteiger partial charge in [-0.3, -0.25) is 9.59 Å². The highest BCUT2D eigenvalue weighted by Crippen LogP contribution is 2.50. The summed E-state index contributed by atoms with van der Waals surface area (Å²) in [4.78, 5) is 24.4. The predicted octanol–water partition coefficient (Wildman–Crippen LogP) is 2.97. The van der Waals surface area contributed by atoms with Gasteiger partial charge in [0.25, 0.3) is 0 Å². The van der Waals surface area contributed by atoms with Crippen molar-refractivity contribution in [2.24, 2.45) is 23.7 Å². The standard InChI is InChI=1S/C18H18ClNO3/c19-13-3-1-2-12(9-13)18(6-7-18)20-16(21)14-10-4-5-11(8-10)15(14)17(22)23/h1-5,9-11,14-15H,6-8H2,(H,20,21)(H,22,23). The van der Waals surface area contributed by atoms with E-state index in [1.165, 1.54) is 0 Å². The quantitative estimate of drug-likeness (QED) is 0.834. The Labute approximate surface area is 139 Å². The Hall–Kier alpha value is -1.81. The second-order valence-electron chi connectivity index (χ2n) is 6.92. The van der Waals surface area contributed by atoms with Gasteiger partial charge in [-0.1, -0.05) is 35.9 Å². The van der Waals surface area contributed by atoms with Crippen molar-refractivity contribution in [3.63, 3.8) is 0 Å². The first-order valence-electron chi connectivity index (χ1n) is 7.99. The molecule has 2 fully saturated rings. The van der Waals surface area contributed by atoms with Crippen molar-refractivity contribution in [1.82, 2.24) is 5.32 Å². The molecule has 1 aromatic carbocycles. The largest absolute Gasteiger partial charge is 0.481 e. The molecule has 4 nitrogen and oxygen atoms in total. The van der Waals surface area contributed by atoms with E-state index in [-0.39, 0.29) is 23.3 Å². The molecule has 0 aromatic heterocycles. The van der Waals surface area contributed by atoms with Crippen molar-refractivity contribution in [2.75, 3.05) is 0 Å². The number of carboxylic acids is 1. The second kappa shape index (κ2) is 5.10. The fraction of sp³-hybridized carbons (Fsp3) is 0.444. The van der Waals surface area contributed by atoms with Gasteiger partial charge in [-0.2, -0.15) is 0 Å². The van der Waals surface area contributed by atoms with Gasteiger partial charge in [-0.05, 0) is 48.8 Å². The first-order valence-corrected chi connectivity index (χ1v) is 8.37. The highest BCUT2D eigenvalue weighted by Gasteiger charge is 2.54. The summed E-state index contributed by atoms with van der Waals surface area (Å²) >= 11 is 6.06. The van der Waals surface area contributed by atoms with Gasteiger partial charge in [-0.25, -0.2) is 0 Å². The highest BCUT2D eigenvalue weighted by atomic mass is 35.5. The molecule has 1 aromatic rings. The van der Waals surface area contributed by atoms with Crippen LogP contribution < -0.4 is 5.32 Å². The van der Waals surface area contributed by atoms with E-state index in [1.54, 1.807) is 0 Å². The Bertz CT molecular complexity index is 710. The van der Waals surface area contributed by atoms with Crippen LogP contribution in [-0.4, -0.2) is 17.0 Å². The van der Waals surface area contributed by atoms with Crippen LogP contribution in [0.4, 0.5) is 0 Å². The van der Waals surface area contributed by atoms with Crippen LogP contribution in [0.2, 0.25) is 5.02 Å². The number of carbonyl (C=O) groups is 2. The molecule has 1 amide bonds. The summed E-state index contributed by atoms with van der Waals surface area (Å²) in [6.07, 6.45) is 6.48. The number of rotatable bonds is 4. The second-order valence-corrected chi connectivity index (χ2v) is 7.36. The minimum absolute atomic E-state index is 0.00503. The van der Waals surface area contributed by atoms with Crippen molar-refractivity contribution < 1.29 is 14.7 Å². The topological polar surface area (TPSA) is 66.4 Å². The predicted molar refractivity (Wildman–Crippen MR) is 85.9 cm³/mol. The maximum Gasteiger partial charge on any atom is 0.307 e. The van der Waals surface area contributed by atoms with E-state index in [4.69, 9.17) is 11.6 Å². The lowest BCUT2D eigenvalue weighted by Crippen LogP contribution is -2.44. The summed E-state index contributed by atoms with van der Waals surface area (Å²) in [5.74, 6) is -2.01. The maximum atomic E-state index is 12.8. The number of benzene rings is 1. The molecule has 4 unspecified atom stereocenters. The van der Waals surface area contributed by atoms with Gasteiger partial charge < -0.3 is 10.4 Å². The molecule has 120 valence electrons. The van der Waals surface area contributed by atoms with E-state index in [9.17, 15) is 14.7 Å². The summed E-state index contributed by atoms with van der Waals surface area (Å²) < 4.78 is 0. The molecule has 5 heteroatoms. The normalized spacial score (nSPS) is 32.7. The van der Waals surface area contributed by atoms with Crippen LogP contribution in [0.15, 0.2) is 36.4 Å². The van der Waals surface area contributed by atoms with Crippen molar-refractivity contribution in [3.05, 3.63) is 47.0 Å². The molecule has 4 atom stereocenters. The third-order valence-corrected chi connectivity index (χ3v) is 5.77. The van der Waals surface area contributed by atoms with Gasteiger partial charge in [0.1, 0.15) is 0 Å². The van der Waals surface area contributed by atoms with Gasteiger partial charge in [0, 0.05) is 5.02 Å². The minimum atomic E-state index is -0.866. The average molecular weight is 332 g/mol. The zero-order valence-electron chi connectivity index (χ0n) is 12.5. The number of aliphatic carboxylic acids is 1. The number of amides is 1. The maximum absolute atomic E-state index is 12.8. The van der Waals surface area contributed by atoms with Crippen LogP contribution >= 0.6 is 11.6 Å². The molecular formula is C18H18ClNO3. The van der Waals surface area contributed by atoms with Crippen molar-refractivity contribution in [1.29, 1.82) is 0 Å². The number of fused-ring (bicyclic) bond motifs is 2. The molecule has 0 spiro atoms. The number of halogens is 1. The fourth-order valence-corrected chi connectivity index (χ4v) is 4.42. The first-order chi connectivity index (χ1) is 11.0. The van der Waals surface area contributed by atoms with Crippen molar-refractivity contribution >= 4 is 23.5 Å². The average Bonchev–Trinajstić information content (AvgIpc) is 3.00. The molecule has 2 bridgehead atoms. The van der Waals surface area contributed by atoms with E-state index in [1.807, 2.05) is 36.4 Å². The van der Waals surface area contributed by atoms with E-state index in [2.05, 4.69) is 5.32 Å². The Morgan fingerprint density at radius 1 is 1.17 bits per heavy atom. The Morgan fingerprint density at radius 2 is 1.87 bits per heavy atom. The van der Waals surface area contributed by atoms with Crippen molar-refractivity contribution in [2.45, 2.75) is 24.8 Å². The van der Waals surface area contributed by atoms with Crippen LogP contribution in [0, 0.1) is 23.7 Å². The first kappa shape index (κ1) is 14.8. The smallest absolute Gasteiger partial charge is 0.307 e. The fourth-order valence-electron chi connectivity index (χ4n) is 4.23. The Balaban J connectivity index is 1.56. The van der Waals surface area contributed by atoms with E-state index >= 15 is 0 Å². The summed E-state index contributed by atoms with van der Waals surface area (Å²) in [5, 5.41) is 13.3. The highest BCUT2D eigenvalue weighted by molar-refractivity contribution is 6.30. The van der Waals surface area contributed by atoms with Gasteiger partial charge in [0.15, 0.2) is 0 Å². The summed E-state index contributed by atoms with van der Waals surface area (Å²) in [6.45, 7) is 0. The zero-order valence-corrected chi connectivity index (χ0v) is 13.3. The Morgan fingerprint density at radius 3 is 2.48 bits per heavy atom. The van der Waals surface area contributed by atoms with Crippen LogP contribution in [0.5, 0.6) is 0 Å². The number of allylic oxidation sites excluding steroid dienone is 2. The summed E-state index contributed by atoms with van der Waals surface area (Å²) in [7, 11) is 0. The van der Waals surface area contributed by atoms with E-state index in [0.717, 1.165) is 24.8 Å². The number of carbonyl (C=O) groups excluding carboxylic acids is 1. The zero-order chi connectivity index (χ0) is 16.2. The molecule has 23 heavy (non-hydrogen) atoms. The molecule has 2 saturated carbocycles. The molecule has 0 heterocycles. The Kier molecular flexibility index (Phi) is 3.27. The molecule has 3 aliphatic carbocycles. The molecule has 4 rings (SSSR count). The molecular weight excluding hydrogens is 314 g/mol. The number of hydrogen-bond donors (Lipinski definition) is 2.